The molecule has 0 atom stereocenters. The summed E-state index contributed by atoms with van der Waals surface area (Å²) in [5, 5.41) is 7.49. The molecular formula is C21H23N5O. The summed E-state index contributed by atoms with van der Waals surface area (Å²) in [4.78, 5) is 6.71. The molecule has 27 heavy (non-hydrogen) atoms. The number of nitrogens with zero attached hydrogens (tertiary/aromatic N) is 4. The first-order valence-electron chi connectivity index (χ1n) is 9.35. The van der Waals surface area contributed by atoms with Crippen LogP contribution in [0.15, 0.2) is 47.2 Å². The predicted octanol–water partition coefficient (Wildman–Crippen LogP) is 2.29. The molecule has 1 aliphatic heterocycles. The smallest absolute Gasteiger partial charge is 0.210 e. The first-order chi connectivity index (χ1) is 13.3. The lowest BCUT2D eigenvalue weighted by atomic mass is 10.2. The molecule has 3 aromatic rings. The fourth-order valence-corrected chi connectivity index (χ4v) is 3.23. The van der Waals surface area contributed by atoms with Gasteiger partial charge in [-0.2, -0.15) is 0 Å². The number of aryl methyl sites for hydroxylation is 1. The Bertz CT molecular complexity index is 939. The number of hydrogen-bond acceptors (Lipinski definition) is 5. The van der Waals surface area contributed by atoms with Crippen molar-refractivity contribution in [3.05, 3.63) is 65.6 Å². The van der Waals surface area contributed by atoms with Gasteiger partial charge in [0.1, 0.15) is 11.5 Å². The number of anilines is 1. The summed E-state index contributed by atoms with van der Waals surface area (Å²) in [6, 6.07) is 10.3. The fraction of sp³-hybridized carbons (Fsp3) is 0.333. The average molecular weight is 361 g/mol. The Labute approximate surface area is 159 Å². The number of piperazine rings is 1. The van der Waals surface area contributed by atoms with Gasteiger partial charge in [0.2, 0.25) is 5.76 Å². The van der Waals surface area contributed by atoms with E-state index in [1.807, 2.05) is 18.5 Å². The molecule has 6 heteroatoms. The van der Waals surface area contributed by atoms with Crippen molar-refractivity contribution in [1.82, 2.24) is 20.0 Å². The Balaban J connectivity index is 1.41. The lowest BCUT2D eigenvalue weighted by Gasteiger charge is -2.29. The fourth-order valence-electron chi connectivity index (χ4n) is 3.23. The van der Waals surface area contributed by atoms with Crippen molar-refractivity contribution in [1.29, 1.82) is 0 Å². The molecule has 0 spiro atoms. The summed E-state index contributed by atoms with van der Waals surface area (Å²) in [5.74, 6) is 7.83. The maximum absolute atomic E-state index is 5.36. The molecule has 1 aromatic carbocycles. The van der Waals surface area contributed by atoms with Gasteiger partial charge < -0.3 is 19.3 Å². The Hall–Kier alpha value is -3.04. The second-order valence-electron chi connectivity index (χ2n) is 6.54. The molecule has 0 amide bonds. The molecule has 3 heterocycles. The van der Waals surface area contributed by atoms with Crippen LogP contribution in [0, 0.1) is 11.8 Å². The van der Waals surface area contributed by atoms with Gasteiger partial charge in [-0.3, -0.25) is 0 Å². The third-order valence-corrected chi connectivity index (χ3v) is 4.69. The lowest BCUT2D eigenvalue weighted by molar-refractivity contribution is 0.401. The zero-order valence-electron chi connectivity index (χ0n) is 15.5. The van der Waals surface area contributed by atoms with Gasteiger partial charge in [-0.25, -0.2) is 4.98 Å². The molecule has 0 bridgehead atoms. The Kier molecular flexibility index (Phi) is 5.22. The van der Waals surface area contributed by atoms with Crippen LogP contribution in [0.3, 0.4) is 0 Å². The summed E-state index contributed by atoms with van der Waals surface area (Å²) >= 11 is 0. The molecule has 4 rings (SSSR count). The highest BCUT2D eigenvalue weighted by molar-refractivity contribution is 5.51. The summed E-state index contributed by atoms with van der Waals surface area (Å²) < 4.78 is 7.43. The van der Waals surface area contributed by atoms with E-state index >= 15 is 0 Å². The Morgan fingerprint density at radius 1 is 1.15 bits per heavy atom. The highest BCUT2D eigenvalue weighted by Gasteiger charge is 2.09. The normalized spacial score (nSPS) is 14.0. The topological polar surface area (TPSA) is 59.1 Å². The largest absolute Gasteiger partial charge is 0.369 e. The highest BCUT2D eigenvalue weighted by Crippen LogP contribution is 2.15. The summed E-state index contributed by atoms with van der Waals surface area (Å²) in [6.07, 6.45) is 4.66. The molecule has 6 nitrogen and oxygen atoms in total. The van der Waals surface area contributed by atoms with E-state index in [0.29, 0.717) is 12.3 Å². The van der Waals surface area contributed by atoms with Crippen LogP contribution >= 0.6 is 0 Å². The van der Waals surface area contributed by atoms with Gasteiger partial charge in [-0.15, -0.1) is 0 Å². The van der Waals surface area contributed by atoms with Gasteiger partial charge in [-0.1, -0.05) is 18.0 Å². The molecule has 138 valence electrons. The maximum Gasteiger partial charge on any atom is 0.210 e. The van der Waals surface area contributed by atoms with Gasteiger partial charge in [0, 0.05) is 62.3 Å². The summed E-state index contributed by atoms with van der Waals surface area (Å²) in [5.41, 5.74) is 3.06. The van der Waals surface area contributed by atoms with Crippen LogP contribution in [0.25, 0.3) is 0 Å². The molecule has 0 aliphatic carbocycles. The molecular weight excluding hydrogens is 338 g/mol. The van der Waals surface area contributed by atoms with Gasteiger partial charge in [-0.05, 0) is 30.2 Å². The number of benzene rings is 1. The van der Waals surface area contributed by atoms with E-state index in [-0.39, 0.29) is 0 Å². The third kappa shape index (κ3) is 4.21. The first-order valence-corrected chi connectivity index (χ1v) is 9.35. The number of hydrogen-bond donors (Lipinski definition) is 1. The third-order valence-electron chi connectivity index (χ3n) is 4.69. The Morgan fingerprint density at radius 2 is 1.96 bits per heavy atom. The highest BCUT2D eigenvalue weighted by atomic mass is 16.5. The van der Waals surface area contributed by atoms with Crippen molar-refractivity contribution in [2.75, 3.05) is 31.1 Å². The minimum atomic E-state index is 0.578. The van der Waals surface area contributed by atoms with Crippen LogP contribution in [0.5, 0.6) is 0 Å². The predicted molar refractivity (Wildman–Crippen MR) is 105 cm³/mol. The van der Waals surface area contributed by atoms with E-state index in [9.17, 15) is 0 Å². The van der Waals surface area contributed by atoms with Crippen LogP contribution in [0.1, 0.15) is 29.8 Å². The number of imidazole rings is 1. The molecule has 0 radical (unpaired) electrons. The van der Waals surface area contributed by atoms with Gasteiger partial charge in [0.25, 0.3) is 0 Å². The minimum Gasteiger partial charge on any atom is -0.369 e. The zero-order valence-corrected chi connectivity index (χ0v) is 15.5. The Morgan fingerprint density at radius 3 is 2.74 bits per heavy atom. The second-order valence-corrected chi connectivity index (χ2v) is 6.54. The van der Waals surface area contributed by atoms with Crippen LogP contribution in [0.4, 0.5) is 5.69 Å². The minimum absolute atomic E-state index is 0.578. The van der Waals surface area contributed by atoms with E-state index in [0.717, 1.165) is 49.7 Å². The standard InChI is InChI=1S/C21H23N5O/c1-2-21-23-11-14-26(21)16-18-15-20(27-24-18)8-5-17-3-6-19(7-4-17)25-12-9-22-10-13-25/h3-4,6-7,11,14-15,22H,2,9-10,12-13,16H2,1H3. The van der Waals surface area contributed by atoms with Gasteiger partial charge in [0.05, 0.1) is 6.54 Å². The molecule has 1 saturated heterocycles. The quantitative estimate of drug-likeness (QED) is 0.723. The zero-order chi connectivity index (χ0) is 18.5. The van der Waals surface area contributed by atoms with Gasteiger partial charge >= 0.3 is 0 Å². The van der Waals surface area contributed by atoms with Gasteiger partial charge in [0.15, 0.2) is 0 Å². The number of nitrogens with one attached hydrogen (secondary N) is 1. The summed E-state index contributed by atoms with van der Waals surface area (Å²) in [7, 11) is 0. The maximum atomic E-state index is 5.36. The van der Waals surface area contributed by atoms with Crippen molar-refractivity contribution in [3.63, 3.8) is 0 Å². The van der Waals surface area contributed by atoms with Crippen molar-refractivity contribution in [2.45, 2.75) is 19.9 Å². The van der Waals surface area contributed by atoms with E-state index in [1.54, 1.807) is 0 Å². The van der Waals surface area contributed by atoms with Crippen molar-refractivity contribution >= 4 is 5.69 Å². The second kappa shape index (κ2) is 8.11. The molecule has 1 N–H and O–H groups in total. The van der Waals surface area contributed by atoms with Crippen LogP contribution in [0.2, 0.25) is 0 Å². The molecule has 1 aliphatic rings. The van der Waals surface area contributed by atoms with E-state index in [2.05, 4.69) is 68.0 Å². The van der Waals surface area contributed by atoms with Crippen LogP contribution in [-0.2, 0) is 13.0 Å². The average Bonchev–Trinajstić information content (AvgIpc) is 3.37. The lowest BCUT2D eigenvalue weighted by Crippen LogP contribution is -2.43. The van der Waals surface area contributed by atoms with E-state index < -0.39 is 0 Å². The molecule has 0 unspecified atom stereocenters. The number of aromatic nitrogens is 3. The monoisotopic (exact) mass is 361 g/mol. The van der Waals surface area contributed by atoms with Crippen molar-refractivity contribution in [2.24, 2.45) is 0 Å². The van der Waals surface area contributed by atoms with Crippen molar-refractivity contribution < 1.29 is 4.52 Å². The first kappa shape index (κ1) is 17.4. The molecule has 2 aromatic heterocycles. The van der Waals surface area contributed by atoms with E-state index in [1.165, 1.54) is 5.69 Å². The number of rotatable bonds is 4. The van der Waals surface area contributed by atoms with E-state index in [4.69, 9.17) is 4.52 Å². The molecule has 0 saturated carbocycles. The van der Waals surface area contributed by atoms with Crippen molar-refractivity contribution in [3.8, 4) is 11.8 Å². The molecule has 1 fully saturated rings. The van der Waals surface area contributed by atoms with Crippen LogP contribution in [-0.4, -0.2) is 40.9 Å². The van der Waals surface area contributed by atoms with Crippen LogP contribution < -0.4 is 10.2 Å². The summed E-state index contributed by atoms with van der Waals surface area (Å²) in [6.45, 7) is 6.90. The SMILES string of the molecule is CCc1nccn1Cc1cc(C#Cc2ccc(N3CCNCC3)cc2)on1.